The van der Waals surface area contributed by atoms with E-state index in [2.05, 4.69) is 11.8 Å². The molecular formula is C16H25NO3. The van der Waals surface area contributed by atoms with Crippen molar-refractivity contribution in [2.75, 3.05) is 26.8 Å². The van der Waals surface area contributed by atoms with Crippen LogP contribution in [-0.4, -0.2) is 42.9 Å². The van der Waals surface area contributed by atoms with Crippen LogP contribution in [0.5, 0.6) is 11.5 Å². The Hall–Kier alpha value is -1.26. The van der Waals surface area contributed by atoms with E-state index in [4.69, 9.17) is 9.47 Å². The van der Waals surface area contributed by atoms with E-state index in [9.17, 15) is 5.11 Å². The van der Waals surface area contributed by atoms with Gasteiger partial charge in [0, 0.05) is 25.3 Å². The Labute approximate surface area is 121 Å². The normalized spacial score (nSPS) is 20.0. The van der Waals surface area contributed by atoms with Crippen LogP contribution in [0, 0.1) is 0 Å². The number of para-hydroxylation sites is 1. The number of rotatable bonds is 6. The molecular weight excluding hydrogens is 254 g/mol. The summed E-state index contributed by atoms with van der Waals surface area (Å²) in [4.78, 5) is 2.35. The Kier molecular flexibility index (Phi) is 5.68. The minimum Gasteiger partial charge on any atom is -0.504 e. The number of ether oxygens (including phenoxy) is 2. The summed E-state index contributed by atoms with van der Waals surface area (Å²) in [6.07, 6.45) is 3.68. The number of nitrogens with zero attached hydrogens (tertiary/aromatic N) is 1. The molecule has 1 aliphatic heterocycles. The molecule has 0 radical (unpaired) electrons. The van der Waals surface area contributed by atoms with E-state index in [1.807, 2.05) is 12.1 Å². The van der Waals surface area contributed by atoms with Crippen molar-refractivity contribution in [1.82, 2.24) is 4.90 Å². The highest BCUT2D eigenvalue weighted by molar-refractivity contribution is 5.45. The number of hydrogen-bond donors (Lipinski definition) is 1. The summed E-state index contributed by atoms with van der Waals surface area (Å²) < 4.78 is 11.0. The molecule has 1 saturated heterocycles. The van der Waals surface area contributed by atoms with Crippen LogP contribution in [0.3, 0.4) is 0 Å². The van der Waals surface area contributed by atoms with Gasteiger partial charge in [0.05, 0.1) is 13.2 Å². The maximum absolute atomic E-state index is 10.1. The standard InChI is InChI=1S/C16H25NO3/c1-3-10-20-14-7-5-9-17(12-14)11-13-6-4-8-15(19-2)16(13)18/h4,6,8,14,18H,3,5,7,9-12H2,1-2H3. The lowest BCUT2D eigenvalue weighted by Crippen LogP contribution is -2.39. The highest BCUT2D eigenvalue weighted by atomic mass is 16.5. The van der Waals surface area contributed by atoms with Gasteiger partial charge in [0.1, 0.15) is 0 Å². The quantitative estimate of drug-likeness (QED) is 0.869. The predicted octanol–water partition coefficient (Wildman–Crippen LogP) is 2.79. The first kappa shape index (κ1) is 15.1. The van der Waals surface area contributed by atoms with Crippen LogP contribution < -0.4 is 4.74 Å². The first-order valence-corrected chi connectivity index (χ1v) is 7.43. The van der Waals surface area contributed by atoms with Crippen molar-refractivity contribution in [3.05, 3.63) is 23.8 Å². The monoisotopic (exact) mass is 279 g/mol. The van der Waals surface area contributed by atoms with Crippen LogP contribution in [0.15, 0.2) is 18.2 Å². The lowest BCUT2D eigenvalue weighted by atomic mass is 10.1. The maximum Gasteiger partial charge on any atom is 0.162 e. The zero-order chi connectivity index (χ0) is 14.4. The Balaban J connectivity index is 1.95. The molecule has 1 aromatic rings. The van der Waals surface area contributed by atoms with Gasteiger partial charge in [-0.25, -0.2) is 0 Å². The van der Waals surface area contributed by atoms with Gasteiger partial charge < -0.3 is 14.6 Å². The van der Waals surface area contributed by atoms with E-state index in [0.717, 1.165) is 51.1 Å². The molecule has 1 unspecified atom stereocenters. The molecule has 0 aromatic heterocycles. The molecule has 0 amide bonds. The highest BCUT2D eigenvalue weighted by Crippen LogP contribution is 2.30. The summed E-state index contributed by atoms with van der Waals surface area (Å²) in [5.74, 6) is 0.796. The number of methoxy groups -OCH3 is 1. The van der Waals surface area contributed by atoms with E-state index in [0.29, 0.717) is 11.9 Å². The number of likely N-dealkylation sites (tertiary alicyclic amines) is 1. The molecule has 112 valence electrons. The molecule has 4 nitrogen and oxygen atoms in total. The van der Waals surface area contributed by atoms with Crippen LogP contribution >= 0.6 is 0 Å². The first-order valence-electron chi connectivity index (χ1n) is 7.43. The zero-order valence-corrected chi connectivity index (χ0v) is 12.5. The van der Waals surface area contributed by atoms with E-state index >= 15 is 0 Å². The largest absolute Gasteiger partial charge is 0.504 e. The Bertz CT molecular complexity index is 422. The molecule has 1 N–H and O–H groups in total. The molecule has 1 fully saturated rings. The Morgan fingerprint density at radius 1 is 1.40 bits per heavy atom. The molecule has 1 atom stereocenters. The average molecular weight is 279 g/mol. The van der Waals surface area contributed by atoms with E-state index < -0.39 is 0 Å². The molecule has 1 aliphatic rings. The van der Waals surface area contributed by atoms with Gasteiger partial charge in [-0.3, -0.25) is 4.90 Å². The number of aromatic hydroxyl groups is 1. The molecule has 1 heterocycles. The summed E-state index contributed by atoms with van der Waals surface area (Å²) in [5.41, 5.74) is 0.917. The van der Waals surface area contributed by atoms with Crippen LogP contribution in [0.1, 0.15) is 31.7 Å². The van der Waals surface area contributed by atoms with Crippen LogP contribution in [-0.2, 0) is 11.3 Å². The second-order valence-electron chi connectivity index (χ2n) is 5.34. The van der Waals surface area contributed by atoms with Gasteiger partial charge in [0.25, 0.3) is 0 Å². The Morgan fingerprint density at radius 3 is 3.00 bits per heavy atom. The number of phenolic OH excluding ortho intramolecular Hbond substituents is 1. The van der Waals surface area contributed by atoms with Gasteiger partial charge in [0.15, 0.2) is 11.5 Å². The van der Waals surface area contributed by atoms with Gasteiger partial charge >= 0.3 is 0 Å². The van der Waals surface area contributed by atoms with Crippen molar-refractivity contribution in [2.45, 2.75) is 38.8 Å². The Morgan fingerprint density at radius 2 is 2.25 bits per heavy atom. The fraction of sp³-hybridized carbons (Fsp3) is 0.625. The smallest absolute Gasteiger partial charge is 0.162 e. The third-order valence-electron chi connectivity index (χ3n) is 3.72. The van der Waals surface area contributed by atoms with E-state index in [1.54, 1.807) is 13.2 Å². The van der Waals surface area contributed by atoms with Gasteiger partial charge in [-0.2, -0.15) is 0 Å². The molecule has 4 heteroatoms. The summed E-state index contributed by atoms with van der Waals surface area (Å²) in [6, 6.07) is 5.65. The number of benzene rings is 1. The van der Waals surface area contributed by atoms with Crippen LogP contribution in [0.2, 0.25) is 0 Å². The second kappa shape index (κ2) is 7.50. The third kappa shape index (κ3) is 3.87. The number of piperidine rings is 1. The molecule has 0 spiro atoms. The molecule has 20 heavy (non-hydrogen) atoms. The summed E-state index contributed by atoms with van der Waals surface area (Å²) >= 11 is 0. The predicted molar refractivity (Wildman–Crippen MR) is 79.2 cm³/mol. The fourth-order valence-corrected chi connectivity index (χ4v) is 2.68. The SMILES string of the molecule is CCCOC1CCCN(Cc2cccc(OC)c2O)C1. The number of hydrogen-bond acceptors (Lipinski definition) is 4. The van der Waals surface area contributed by atoms with Crippen molar-refractivity contribution in [2.24, 2.45) is 0 Å². The van der Waals surface area contributed by atoms with Gasteiger partial charge in [-0.1, -0.05) is 19.1 Å². The van der Waals surface area contributed by atoms with Crippen LogP contribution in [0.4, 0.5) is 0 Å². The molecule has 0 aliphatic carbocycles. The second-order valence-corrected chi connectivity index (χ2v) is 5.34. The third-order valence-corrected chi connectivity index (χ3v) is 3.72. The number of phenols is 1. The van der Waals surface area contributed by atoms with Crippen molar-refractivity contribution >= 4 is 0 Å². The lowest BCUT2D eigenvalue weighted by molar-refractivity contribution is -0.00240. The molecule has 1 aromatic carbocycles. The first-order chi connectivity index (χ1) is 9.74. The highest BCUT2D eigenvalue weighted by Gasteiger charge is 2.21. The van der Waals surface area contributed by atoms with Crippen molar-refractivity contribution < 1.29 is 14.6 Å². The van der Waals surface area contributed by atoms with Crippen LogP contribution in [0.25, 0.3) is 0 Å². The van der Waals surface area contributed by atoms with Gasteiger partial charge in [-0.15, -0.1) is 0 Å². The maximum atomic E-state index is 10.1. The summed E-state index contributed by atoms with van der Waals surface area (Å²) in [6.45, 7) is 5.71. The van der Waals surface area contributed by atoms with Crippen molar-refractivity contribution in [3.63, 3.8) is 0 Å². The van der Waals surface area contributed by atoms with E-state index in [-0.39, 0.29) is 5.75 Å². The molecule has 2 rings (SSSR count). The fourth-order valence-electron chi connectivity index (χ4n) is 2.68. The topological polar surface area (TPSA) is 41.9 Å². The van der Waals surface area contributed by atoms with Crippen molar-refractivity contribution in [1.29, 1.82) is 0 Å². The van der Waals surface area contributed by atoms with Gasteiger partial charge in [-0.05, 0) is 31.9 Å². The lowest BCUT2D eigenvalue weighted by Gasteiger charge is -2.32. The minimum absolute atomic E-state index is 0.256. The van der Waals surface area contributed by atoms with Gasteiger partial charge in [0.2, 0.25) is 0 Å². The summed E-state index contributed by atoms with van der Waals surface area (Å²) in [5, 5.41) is 10.1. The minimum atomic E-state index is 0.256. The average Bonchev–Trinajstić information content (AvgIpc) is 2.48. The van der Waals surface area contributed by atoms with E-state index in [1.165, 1.54) is 0 Å². The van der Waals surface area contributed by atoms with Crippen molar-refractivity contribution in [3.8, 4) is 11.5 Å². The molecule has 0 bridgehead atoms. The summed E-state index contributed by atoms with van der Waals surface area (Å²) in [7, 11) is 1.58. The molecule has 0 saturated carbocycles. The zero-order valence-electron chi connectivity index (χ0n) is 12.5.